The fourth-order valence-electron chi connectivity index (χ4n) is 3.29. The van der Waals surface area contributed by atoms with Crippen LogP contribution in [0.15, 0.2) is 120 Å². The van der Waals surface area contributed by atoms with Crippen LogP contribution in [0.1, 0.15) is 11.1 Å². The molecule has 0 amide bonds. The van der Waals surface area contributed by atoms with E-state index in [1.54, 1.807) is 48.5 Å². The van der Waals surface area contributed by atoms with Gasteiger partial charge in [0.25, 0.3) is 0 Å². The van der Waals surface area contributed by atoms with Crippen molar-refractivity contribution in [2.75, 3.05) is 0 Å². The molecule has 0 aliphatic rings. The number of hydrogen-bond donors (Lipinski definition) is 0. The summed E-state index contributed by atoms with van der Waals surface area (Å²) in [6.07, 6.45) is 0. The lowest BCUT2D eigenvalue weighted by molar-refractivity contribution is -0.108. The van der Waals surface area contributed by atoms with E-state index in [9.17, 15) is 4.79 Å². The summed E-state index contributed by atoms with van der Waals surface area (Å²) >= 11 is 12.1. The van der Waals surface area contributed by atoms with Gasteiger partial charge in [-0.2, -0.15) is 0 Å². The second-order valence-corrected chi connectivity index (χ2v) is 7.69. The van der Waals surface area contributed by atoms with E-state index < -0.39 is 0 Å². The number of carbonyl (C=O) groups is 1. The fourth-order valence-corrected chi connectivity index (χ4v) is 3.74. The van der Waals surface area contributed by atoms with Crippen LogP contribution in [0, 0.1) is 0 Å². The van der Waals surface area contributed by atoms with Crippen LogP contribution in [0.5, 0.6) is 23.0 Å². The molecule has 5 heteroatoms. The van der Waals surface area contributed by atoms with Gasteiger partial charge >= 0.3 is 0 Å². The van der Waals surface area contributed by atoms with Gasteiger partial charge in [0, 0.05) is 22.2 Å². The van der Waals surface area contributed by atoms with Crippen LogP contribution in [0.25, 0.3) is 11.1 Å². The van der Waals surface area contributed by atoms with Crippen molar-refractivity contribution in [1.29, 1.82) is 0 Å². The number of ketones is 1. The average molecular weight is 487 g/mol. The van der Waals surface area contributed by atoms with E-state index >= 15 is 0 Å². The topological polar surface area (TPSA) is 35.5 Å². The Labute approximate surface area is 208 Å². The molecule has 0 heterocycles. The van der Waals surface area contributed by atoms with Crippen LogP contribution in [0.2, 0.25) is 0 Å². The molecular weight excluding hydrogens is 467 g/mol. The summed E-state index contributed by atoms with van der Waals surface area (Å²) in [5, 5.41) is 0. The summed E-state index contributed by atoms with van der Waals surface area (Å²) in [7, 11) is 0. The summed E-state index contributed by atoms with van der Waals surface area (Å²) < 4.78 is 11.6. The third-order valence-corrected chi connectivity index (χ3v) is 5.43. The number of ether oxygens (including phenoxy) is 2. The van der Waals surface area contributed by atoms with Gasteiger partial charge in [0.1, 0.15) is 23.0 Å². The first-order valence-corrected chi connectivity index (χ1v) is 11.4. The van der Waals surface area contributed by atoms with E-state index in [4.69, 9.17) is 32.7 Å². The van der Waals surface area contributed by atoms with E-state index in [0.717, 1.165) is 11.5 Å². The van der Waals surface area contributed by atoms with E-state index in [2.05, 4.69) is 0 Å². The Morgan fingerprint density at radius 3 is 1.15 bits per heavy atom. The summed E-state index contributed by atoms with van der Waals surface area (Å²) in [5.41, 5.74) is 4.49. The first-order valence-electron chi connectivity index (χ1n) is 10.5. The molecule has 3 nitrogen and oxygen atoms in total. The Kier molecular flexibility index (Phi) is 7.82. The predicted octanol–water partition coefficient (Wildman–Crippen LogP) is 8.70. The number of para-hydroxylation sites is 2. The highest BCUT2D eigenvalue weighted by Crippen LogP contribution is 2.30. The Morgan fingerprint density at radius 1 is 0.500 bits per heavy atom. The average Bonchev–Trinajstić information content (AvgIpc) is 2.88. The molecule has 4 rings (SSSR count). The van der Waals surface area contributed by atoms with Crippen molar-refractivity contribution in [1.82, 2.24) is 0 Å². The van der Waals surface area contributed by atoms with Crippen molar-refractivity contribution in [2.24, 2.45) is 0 Å². The summed E-state index contributed by atoms with van der Waals surface area (Å²) in [4.78, 5) is 13.3. The smallest absolute Gasteiger partial charge is 0.195 e. The van der Waals surface area contributed by atoms with Crippen LogP contribution in [0.4, 0.5) is 0 Å². The number of benzene rings is 4. The normalized spacial score (nSPS) is 11.7. The van der Waals surface area contributed by atoms with Gasteiger partial charge in [-0.3, -0.25) is 4.79 Å². The van der Waals surface area contributed by atoms with Gasteiger partial charge in [-0.1, -0.05) is 83.9 Å². The standard InChI is InChI=1S/C29H20Cl2O3/c30-19-27(21-11-15-25(16-12-21)33-23-7-3-1-4-8-23)29(32)28(20-31)22-13-17-26(18-14-22)34-24-9-5-2-6-10-24/h1-20H. The minimum atomic E-state index is -0.293. The molecule has 0 unspecified atom stereocenters. The number of halogens is 2. The van der Waals surface area contributed by atoms with Crippen molar-refractivity contribution in [3.63, 3.8) is 0 Å². The van der Waals surface area contributed by atoms with Gasteiger partial charge in [-0.15, -0.1) is 0 Å². The Bertz CT molecular complexity index is 1190. The molecule has 4 aromatic rings. The molecule has 34 heavy (non-hydrogen) atoms. The molecule has 0 atom stereocenters. The zero-order chi connectivity index (χ0) is 23.8. The van der Waals surface area contributed by atoms with Gasteiger partial charge in [-0.05, 0) is 59.7 Å². The van der Waals surface area contributed by atoms with Crippen LogP contribution in [-0.2, 0) is 4.79 Å². The number of carbonyl (C=O) groups excluding carboxylic acids is 1. The van der Waals surface area contributed by atoms with E-state index in [1.807, 2.05) is 60.7 Å². The molecule has 0 aromatic heterocycles. The van der Waals surface area contributed by atoms with Crippen LogP contribution >= 0.6 is 23.2 Å². The monoisotopic (exact) mass is 486 g/mol. The summed E-state index contributed by atoms with van der Waals surface area (Å²) in [5.74, 6) is 2.47. The SMILES string of the molecule is O=C(C(=CCl)c1ccc(Oc2ccccc2)cc1)C(=CCl)c1ccc(Oc2ccccc2)cc1. The highest BCUT2D eigenvalue weighted by atomic mass is 35.5. The third-order valence-electron chi connectivity index (χ3n) is 5.00. The molecule has 4 aromatic carbocycles. The van der Waals surface area contributed by atoms with E-state index in [-0.39, 0.29) is 5.78 Å². The summed E-state index contributed by atoms with van der Waals surface area (Å²) in [6.45, 7) is 0. The maximum Gasteiger partial charge on any atom is 0.195 e. The fraction of sp³-hybridized carbons (Fsp3) is 0. The Hall–Kier alpha value is -3.79. The molecular formula is C29H20Cl2O3. The molecule has 0 radical (unpaired) electrons. The van der Waals surface area contributed by atoms with Crippen molar-refractivity contribution < 1.29 is 14.3 Å². The highest BCUT2D eigenvalue weighted by molar-refractivity contribution is 6.49. The first-order chi connectivity index (χ1) is 16.7. The van der Waals surface area contributed by atoms with Crippen molar-refractivity contribution in [3.8, 4) is 23.0 Å². The molecule has 0 aliphatic carbocycles. The quantitative estimate of drug-likeness (QED) is 0.233. The van der Waals surface area contributed by atoms with Gasteiger partial charge in [0.05, 0.1) is 0 Å². The van der Waals surface area contributed by atoms with Crippen molar-refractivity contribution in [2.45, 2.75) is 0 Å². The molecule has 0 N–H and O–H groups in total. The molecule has 168 valence electrons. The lowest BCUT2D eigenvalue weighted by Crippen LogP contribution is -2.05. The van der Waals surface area contributed by atoms with Crippen LogP contribution in [-0.4, -0.2) is 5.78 Å². The third kappa shape index (κ3) is 5.76. The van der Waals surface area contributed by atoms with E-state index in [0.29, 0.717) is 33.8 Å². The minimum Gasteiger partial charge on any atom is -0.457 e. The second kappa shape index (κ2) is 11.4. The lowest BCUT2D eigenvalue weighted by Gasteiger charge is -2.12. The molecule has 0 saturated heterocycles. The molecule has 0 fully saturated rings. The number of Topliss-reactive ketones (excluding diaryl/α,β-unsaturated/α-hetero) is 1. The summed E-state index contributed by atoms with van der Waals surface area (Å²) in [6, 6.07) is 33.2. The largest absolute Gasteiger partial charge is 0.457 e. The second-order valence-electron chi connectivity index (χ2n) is 7.25. The zero-order valence-corrected chi connectivity index (χ0v) is 19.5. The highest BCUT2D eigenvalue weighted by Gasteiger charge is 2.19. The minimum absolute atomic E-state index is 0.293. The Balaban J connectivity index is 1.49. The van der Waals surface area contributed by atoms with Crippen molar-refractivity contribution >= 4 is 40.1 Å². The van der Waals surface area contributed by atoms with Crippen LogP contribution < -0.4 is 9.47 Å². The number of rotatable bonds is 8. The maximum absolute atomic E-state index is 13.3. The first kappa shape index (κ1) is 23.4. The maximum atomic E-state index is 13.3. The van der Waals surface area contributed by atoms with Gasteiger partial charge < -0.3 is 9.47 Å². The molecule has 0 spiro atoms. The van der Waals surface area contributed by atoms with Gasteiger partial charge in [0.2, 0.25) is 0 Å². The van der Waals surface area contributed by atoms with Crippen molar-refractivity contribution in [3.05, 3.63) is 131 Å². The van der Waals surface area contributed by atoms with Gasteiger partial charge in [-0.25, -0.2) is 0 Å². The molecule has 0 bridgehead atoms. The molecule has 0 aliphatic heterocycles. The molecule has 0 saturated carbocycles. The van der Waals surface area contributed by atoms with E-state index in [1.165, 1.54) is 11.1 Å². The Morgan fingerprint density at radius 2 is 0.824 bits per heavy atom. The zero-order valence-electron chi connectivity index (χ0n) is 18.0. The van der Waals surface area contributed by atoms with Crippen LogP contribution in [0.3, 0.4) is 0 Å². The predicted molar refractivity (Wildman–Crippen MR) is 139 cm³/mol. The number of hydrogen-bond acceptors (Lipinski definition) is 3. The lowest BCUT2D eigenvalue weighted by atomic mass is 9.94. The van der Waals surface area contributed by atoms with Gasteiger partial charge in [0.15, 0.2) is 5.78 Å². The number of allylic oxidation sites excluding steroid dienone is 2.